The fourth-order valence-electron chi connectivity index (χ4n) is 5.62. The molecule has 2 aromatic heterocycles. The van der Waals surface area contributed by atoms with E-state index in [2.05, 4.69) is 47.6 Å². The second-order valence-electron chi connectivity index (χ2n) is 11.6. The van der Waals surface area contributed by atoms with Crippen molar-refractivity contribution in [1.82, 2.24) is 19.9 Å². The van der Waals surface area contributed by atoms with Gasteiger partial charge in [-0.25, -0.2) is 19.9 Å². The Balaban J connectivity index is 2.06. The molecule has 1 fully saturated rings. The second kappa shape index (κ2) is 19.3. The lowest BCUT2D eigenvalue weighted by Gasteiger charge is -2.35. The van der Waals surface area contributed by atoms with E-state index in [1.165, 1.54) is 0 Å². The maximum absolute atomic E-state index is 12.4. The molecule has 2 aromatic rings. The maximum Gasteiger partial charge on any atom is 0.340 e. The number of rotatable bonds is 18. The van der Waals surface area contributed by atoms with Gasteiger partial charge in [-0.15, -0.1) is 0 Å². The summed E-state index contributed by atoms with van der Waals surface area (Å²) in [4.78, 5) is 46.1. The molecule has 8 N–H and O–H groups in total. The Labute approximate surface area is 308 Å². The molecule has 0 radical (unpaired) electrons. The van der Waals surface area contributed by atoms with Crippen LogP contribution in [0.15, 0.2) is 0 Å². The first-order chi connectivity index (χ1) is 23.8. The smallest absolute Gasteiger partial charge is 0.340 e. The van der Waals surface area contributed by atoms with Gasteiger partial charge in [-0.2, -0.15) is 21.0 Å². The van der Waals surface area contributed by atoms with E-state index in [-0.39, 0.29) is 105 Å². The summed E-state index contributed by atoms with van der Waals surface area (Å²) in [6, 6.07) is 0. The highest BCUT2D eigenvalue weighted by atomic mass is 32.2. The van der Waals surface area contributed by atoms with Crippen molar-refractivity contribution in [2.45, 2.75) is 66.2 Å². The van der Waals surface area contributed by atoms with E-state index in [4.69, 9.17) is 47.4 Å². The molecular formula is C30H48N12O4S4. The lowest BCUT2D eigenvalue weighted by Crippen LogP contribution is -2.48. The van der Waals surface area contributed by atoms with Crippen molar-refractivity contribution in [1.29, 1.82) is 0 Å². The summed E-state index contributed by atoms with van der Waals surface area (Å²) in [6.07, 6.45) is 4.31. The third-order valence-electron chi connectivity index (χ3n) is 7.74. The van der Waals surface area contributed by atoms with Crippen LogP contribution in [0.2, 0.25) is 0 Å². The Kier molecular flexibility index (Phi) is 15.9. The van der Waals surface area contributed by atoms with Crippen molar-refractivity contribution in [2.24, 2.45) is 22.9 Å². The SMILES string of the molecule is CCCS(CCC)=C(N)Cc1nc(C(N)=S)c([N+](=O)[O-])c(N2CCN(c3nc(CC(N)=S(CCC)CCC)nc(C(N)=S)c3[N+](=O)[O-])CC2)n1. The van der Waals surface area contributed by atoms with Crippen molar-refractivity contribution in [2.75, 3.05) is 59.0 Å². The Hall–Kier alpha value is -3.30. The zero-order valence-electron chi connectivity index (χ0n) is 29.1. The van der Waals surface area contributed by atoms with Crippen LogP contribution in [0.1, 0.15) is 76.4 Å². The predicted molar refractivity (Wildman–Crippen MR) is 215 cm³/mol. The standard InChI is InChI=1S/C30H48N12O4S4/c1-5-13-49(14-6-2)19(31)17-21-35-23(27(33)47)25(41(43)44)29(37-21)39-9-11-40(12-10-39)30-26(42(45)46)24(28(34)48)36-22(38-30)18-20(32)50(15-7-3)16-8-4/h5-18,31-32H2,1-4H3,(H2,33,47)(H2,34,48). The Morgan fingerprint density at radius 1 is 0.640 bits per heavy atom. The van der Waals surface area contributed by atoms with E-state index in [1.807, 2.05) is 0 Å². The van der Waals surface area contributed by atoms with Crippen molar-refractivity contribution in [3.8, 4) is 0 Å². The van der Waals surface area contributed by atoms with Crippen LogP contribution >= 0.6 is 45.4 Å². The van der Waals surface area contributed by atoms with Crippen molar-refractivity contribution < 1.29 is 9.85 Å². The zero-order chi connectivity index (χ0) is 37.1. The quantitative estimate of drug-likeness (QED) is 0.0966. The number of thiocarbonyl (C=S) groups is 2. The highest BCUT2D eigenvalue weighted by Gasteiger charge is 2.35. The molecule has 16 nitrogen and oxygen atoms in total. The van der Waals surface area contributed by atoms with Crippen LogP contribution in [0.4, 0.5) is 23.0 Å². The topological polar surface area (TPSA) is 248 Å². The van der Waals surface area contributed by atoms with Crippen LogP contribution in [0.3, 0.4) is 0 Å². The molecule has 0 aromatic carbocycles. The van der Waals surface area contributed by atoms with Crippen LogP contribution in [0, 0.1) is 20.2 Å². The Morgan fingerprint density at radius 2 is 0.940 bits per heavy atom. The number of nitro groups is 2. The van der Waals surface area contributed by atoms with Gasteiger partial charge < -0.3 is 32.7 Å². The lowest BCUT2D eigenvalue weighted by atomic mass is 10.2. The number of nitrogens with zero attached hydrogens (tertiary/aromatic N) is 8. The minimum Gasteiger partial charge on any atom is -0.388 e. The number of hydrogen-bond donors (Lipinski definition) is 4. The van der Waals surface area contributed by atoms with Gasteiger partial charge in [0.2, 0.25) is 11.6 Å². The number of aromatic nitrogens is 4. The molecule has 0 saturated carbocycles. The van der Waals surface area contributed by atoms with Crippen molar-refractivity contribution in [3.05, 3.63) is 43.3 Å². The number of piperazine rings is 1. The zero-order valence-corrected chi connectivity index (χ0v) is 32.3. The first kappa shape index (κ1) is 41.1. The average Bonchev–Trinajstić information content (AvgIpc) is 3.07. The van der Waals surface area contributed by atoms with E-state index < -0.39 is 21.2 Å². The van der Waals surface area contributed by atoms with Gasteiger partial charge in [-0.3, -0.25) is 20.2 Å². The molecule has 1 aliphatic heterocycles. The average molecular weight is 769 g/mol. The molecule has 0 amide bonds. The van der Waals surface area contributed by atoms with Crippen LogP contribution < -0.4 is 32.7 Å². The van der Waals surface area contributed by atoms with Gasteiger partial charge >= 0.3 is 11.4 Å². The van der Waals surface area contributed by atoms with E-state index in [0.717, 1.165) is 58.7 Å². The van der Waals surface area contributed by atoms with Crippen LogP contribution in [-0.2, 0) is 12.8 Å². The number of anilines is 2. The number of hydrogen-bond acceptors (Lipinski definition) is 12. The molecule has 0 spiro atoms. The minimum absolute atomic E-state index is 0.0593. The summed E-state index contributed by atoms with van der Waals surface area (Å²) in [5.74, 6) is 4.41. The van der Waals surface area contributed by atoms with Gasteiger partial charge in [-0.05, 0) is 48.7 Å². The second-order valence-corrected chi connectivity index (χ2v) is 17.2. The van der Waals surface area contributed by atoms with E-state index in [9.17, 15) is 20.2 Å². The highest BCUT2D eigenvalue weighted by molar-refractivity contribution is 8.16. The van der Waals surface area contributed by atoms with E-state index in [0.29, 0.717) is 0 Å². The molecule has 0 unspecified atom stereocenters. The predicted octanol–water partition coefficient (Wildman–Crippen LogP) is 3.12. The van der Waals surface area contributed by atoms with Crippen molar-refractivity contribution >= 4 is 88.4 Å². The first-order valence-electron chi connectivity index (χ1n) is 16.5. The molecule has 1 aliphatic rings. The summed E-state index contributed by atoms with van der Waals surface area (Å²) in [7, 11) is -0.319. The van der Waals surface area contributed by atoms with Gasteiger partial charge in [-0.1, -0.05) is 52.1 Å². The molecule has 3 heterocycles. The molecule has 50 heavy (non-hydrogen) atoms. The third kappa shape index (κ3) is 10.4. The van der Waals surface area contributed by atoms with E-state index in [1.54, 1.807) is 9.80 Å². The fourth-order valence-corrected chi connectivity index (χ4v) is 9.99. The molecule has 0 bridgehead atoms. The van der Waals surface area contributed by atoms with E-state index >= 15 is 0 Å². The molecule has 276 valence electrons. The Morgan fingerprint density at radius 3 is 1.18 bits per heavy atom. The Bertz CT molecular complexity index is 1540. The fraction of sp³-hybridized carbons (Fsp3) is 0.600. The summed E-state index contributed by atoms with van der Waals surface area (Å²) in [5.41, 5.74) is 23.9. The summed E-state index contributed by atoms with van der Waals surface area (Å²) in [5, 5.41) is 24.8. The molecule has 0 aliphatic carbocycles. The van der Waals surface area contributed by atoms with Crippen LogP contribution in [0.5, 0.6) is 0 Å². The maximum atomic E-state index is 12.4. The molecule has 1 saturated heterocycles. The molecule has 0 atom stereocenters. The van der Waals surface area contributed by atoms with Crippen LogP contribution in [0.25, 0.3) is 0 Å². The summed E-state index contributed by atoms with van der Waals surface area (Å²) >= 11 is 10.4. The van der Waals surface area contributed by atoms with Gasteiger partial charge in [0.25, 0.3) is 0 Å². The van der Waals surface area contributed by atoms with Crippen molar-refractivity contribution in [3.63, 3.8) is 0 Å². The minimum atomic E-state index is -0.590. The van der Waals surface area contributed by atoms with Gasteiger partial charge in [0.05, 0.1) is 9.85 Å². The molecule has 20 heteroatoms. The van der Waals surface area contributed by atoms with Gasteiger partial charge in [0.1, 0.15) is 21.6 Å². The first-order valence-corrected chi connectivity index (χ1v) is 20.5. The molecule has 3 rings (SSSR count). The normalized spacial score (nSPS) is 13.2. The third-order valence-corrected chi connectivity index (χ3v) is 13.5. The number of nitrogens with two attached hydrogens (primary N) is 4. The largest absolute Gasteiger partial charge is 0.388 e. The summed E-state index contributed by atoms with van der Waals surface area (Å²) < 4.78 is 0. The van der Waals surface area contributed by atoms with Gasteiger partial charge in [0.15, 0.2) is 11.4 Å². The highest BCUT2D eigenvalue weighted by Crippen LogP contribution is 2.34. The van der Waals surface area contributed by atoms with Crippen LogP contribution in [-0.4, -0.2) is 98.9 Å². The monoisotopic (exact) mass is 768 g/mol. The molecular weight excluding hydrogens is 721 g/mol. The summed E-state index contributed by atoms with van der Waals surface area (Å²) in [6.45, 7) is 9.20. The lowest BCUT2D eigenvalue weighted by molar-refractivity contribution is -0.385. The van der Waals surface area contributed by atoms with Gasteiger partial charge in [0, 0.05) is 49.0 Å².